The molecule has 4 rings (SSSR count). The van der Waals surface area contributed by atoms with Crippen LogP contribution in [0.5, 0.6) is 0 Å². The molecular weight excluding hydrogens is 397 g/mol. The summed E-state index contributed by atoms with van der Waals surface area (Å²) in [6, 6.07) is 5.46. The SMILES string of the molecule is O=c1[nH]ccc2c1c(Nc1ccc(C(O)C(F)(F)F)c(Cl)c1)nn2CC1CC1. The number of pyridine rings is 1. The van der Waals surface area contributed by atoms with E-state index in [1.807, 2.05) is 0 Å². The number of aliphatic hydroxyl groups excluding tert-OH is 1. The zero-order valence-electron chi connectivity index (χ0n) is 14.4. The number of rotatable bonds is 5. The van der Waals surface area contributed by atoms with Gasteiger partial charge in [-0.1, -0.05) is 17.7 Å². The van der Waals surface area contributed by atoms with Crippen LogP contribution >= 0.6 is 11.6 Å². The van der Waals surface area contributed by atoms with Crippen LogP contribution in [0.15, 0.2) is 35.3 Å². The molecule has 1 aromatic carbocycles. The number of hydrogen-bond acceptors (Lipinski definition) is 4. The first-order valence-corrected chi connectivity index (χ1v) is 9.01. The van der Waals surface area contributed by atoms with E-state index < -0.39 is 17.8 Å². The predicted molar refractivity (Wildman–Crippen MR) is 98.8 cm³/mol. The number of halogens is 4. The summed E-state index contributed by atoms with van der Waals surface area (Å²) in [6.07, 6.45) is -3.71. The van der Waals surface area contributed by atoms with Gasteiger partial charge in [0.1, 0.15) is 5.39 Å². The van der Waals surface area contributed by atoms with E-state index in [1.54, 1.807) is 16.9 Å². The number of anilines is 2. The largest absolute Gasteiger partial charge is 0.418 e. The normalized spacial score (nSPS) is 15.8. The van der Waals surface area contributed by atoms with Crippen molar-refractivity contribution in [2.45, 2.75) is 31.7 Å². The van der Waals surface area contributed by atoms with Crippen molar-refractivity contribution in [3.05, 3.63) is 51.4 Å². The molecule has 0 aliphatic heterocycles. The number of aliphatic hydroxyl groups is 1. The van der Waals surface area contributed by atoms with Crippen LogP contribution in [0.2, 0.25) is 5.02 Å². The third-order valence-corrected chi connectivity index (χ3v) is 5.00. The van der Waals surface area contributed by atoms with E-state index in [2.05, 4.69) is 15.4 Å². The van der Waals surface area contributed by atoms with Crippen molar-refractivity contribution in [1.29, 1.82) is 0 Å². The summed E-state index contributed by atoms with van der Waals surface area (Å²) in [5.74, 6) is 0.825. The quantitative estimate of drug-likeness (QED) is 0.588. The topological polar surface area (TPSA) is 82.9 Å². The Kier molecular flexibility index (Phi) is 4.59. The van der Waals surface area contributed by atoms with E-state index >= 15 is 0 Å². The molecule has 2 aromatic heterocycles. The number of fused-ring (bicyclic) bond motifs is 1. The van der Waals surface area contributed by atoms with Crippen LogP contribution in [0.1, 0.15) is 24.5 Å². The molecule has 10 heteroatoms. The number of hydrogen-bond donors (Lipinski definition) is 3. The maximum Gasteiger partial charge on any atom is 0.418 e. The lowest BCUT2D eigenvalue weighted by Gasteiger charge is -2.16. The fraction of sp³-hybridized carbons (Fsp3) is 0.333. The van der Waals surface area contributed by atoms with Gasteiger partial charge in [-0.3, -0.25) is 9.48 Å². The van der Waals surface area contributed by atoms with Crippen LogP contribution in [-0.4, -0.2) is 26.0 Å². The second kappa shape index (κ2) is 6.82. The van der Waals surface area contributed by atoms with Crippen molar-refractivity contribution >= 4 is 34.0 Å². The highest BCUT2D eigenvalue weighted by atomic mass is 35.5. The average Bonchev–Trinajstić information content (AvgIpc) is 3.36. The number of aromatic nitrogens is 3. The van der Waals surface area contributed by atoms with Gasteiger partial charge in [-0.25, -0.2) is 0 Å². The van der Waals surface area contributed by atoms with Gasteiger partial charge < -0.3 is 15.4 Å². The molecule has 6 nitrogen and oxygen atoms in total. The molecule has 1 fully saturated rings. The molecule has 3 aromatic rings. The highest BCUT2D eigenvalue weighted by Gasteiger charge is 2.40. The molecule has 0 radical (unpaired) electrons. The molecule has 0 saturated heterocycles. The zero-order valence-corrected chi connectivity index (χ0v) is 15.2. The number of H-pyrrole nitrogens is 1. The maximum atomic E-state index is 12.7. The van der Waals surface area contributed by atoms with E-state index in [-0.39, 0.29) is 16.4 Å². The summed E-state index contributed by atoms with van der Waals surface area (Å²) in [5, 5.41) is 16.9. The Morgan fingerprint density at radius 1 is 1.36 bits per heavy atom. The van der Waals surface area contributed by atoms with Crippen LogP contribution in [0.3, 0.4) is 0 Å². The van der Waals surface area contributed by atoms with Crippen molar-refractivity contribution in [3.8, 4) is 0 Å². The van der Waals surface area contributed by atoms with Gasteiger partial charge in [-0.05, 0) is 37.0 Å². The molecule has 28 heavy (non-hydrogen) atoms. The Morgan fingerprint density at radius 2 is 2.11 bits per heavy atom. The standard InChI is InChI=1S/C18H16ClF3N4O2/c19-12-7-10(3-4-11(12)15(27)18(20,21)22)24-16-14-13(5-6-23-17(14)28)26(25-16)8-9-1-2-9/h3-7,9,15,27H,1-2,8H2,(H,23,28)(H,24,25). The lowest BCUT2D eigenvalue weighted by Crippen LogP contribution is -2.20. The molecular formula is C18H16ClF3N4O2. The van der Waals surface area contributed by atoms with Crippen LogP contribution in [0.4, 0.5) is 24.7 Å². The Bertz CT molecular complexity index is 1090. The first-order valence-electron chi connectivity index (χ1n) is 8.63. The van der Waals surface area contributed by atoms with Crippen molar-refractivity contribution in [2.75, 3.05) is 5.32 Å². The fourth-order valence-electron chi connectivity index (χ4n) is 3.05. The summed E-state index contributed by atoms with van der Waals surface area (Å²) >= 11 is 5.93. The Hall–Kier alpha value is -2.52. The summed E-state index contributed by atoms with van der Waals surface area (Å²) in [7, 11) is 0. The molecule has 2 heterocycles. The highest BCUT2D eigenvalue weighted by Crippen LogP contribution is 2.37. The van der Waals surface area contributed by atoms with Crippen LogP contribution in [0.25, 0.3) is 10.9 Å². The summed E-state index contributed by atoms with van der Waals surface area (Å²) in [6.45, 7) is 0.694. The van der Waals surface area contributed by atoms with E-state index in [0.29, 0.717) is 29.1 Å². The third kappa shape index (κ3) is 3.59. The van der Waals surface area contributed by atoms with Crippen LogP contribution in [-0.2, 0) is 6.54 Å². The first kappa shape index (κ1) is 18.8. The molecule has 1 saturated carbocycles. The lowest BCUT2D eigenvalue weighted by atomic mass is 10.1. The van der Waals surface area contributed by atoms with Gasteiger partial charge >= 0.3 is 6.18 Å². The third-order valence-electron chi connectivity index (χ3n) is 4.67. The smallest absolute Gasteiger partial charge is 0.379 e. The maximum absolute atomic E-state index is 12.7. The summed E-state index contributed by atoms with van der Waals surface area (Å²) in [5.41, 5.74) is 0.261. The second-order valence-electron chi connectivity index (χ2n) is 6.85. The van der Waals surface area contributed by atoms with Crippen molar-refractivity contribution < 1.29 is 18.3 Å². The van der Waals surface area contributed by atoms with E-state index in [1.165, 1.54) is 12.1 Å². The molecule has 1 aliphatic rings. The van der Waals surface area contributed by atoms with Crippen molar-refractivity contribution in [1.82, 2.24) is 14.8 Å². The molecule has 0 amide bonds. The average molecular weight is 413 g/mol. The first-order chi connectivity index (χ1) is 13.2. The minimum absolute atomic E-state index is 0.245. The molecule has 1 unspecified atom stereocenters. The minimum atomic E-state index is -4.82. The van der Waals surface area contributed by atoms with Crippen molar-refractivity contribution in [2.24, 2.45) is 5.92 Å². The van der Waals surface area contributed by atoms with Gasteiger partial charge in [0.25, 0.3) is 5.56 Å². The number of alkyl halides is 3. The Morgan fingerprint density at radius 3 is 2.75 bits per heavy atom. The second-order valence-corrected chi connectivity index (χ2v) is 7.25. The number of benzene rings is 1. The number of nitrogens with zero attached hydrogens (tertiary/aromatic N) is 2. The van der Waals surface area contributed by atoms with Gasteiger partial charge in [0.2, 0.25) is 0 Å². The monoisotopic (exact) mass is 412 g/mol. The van der Waals surface area contributed by atoms with Crippen LogP contribution < -0.4 is 10.9 Å². The molecule has 1 atom stereocenters. The Balaban J connectivity index is 1.68. The van der Waals surface area contributed by atoms with Crippen molar-refractivity contribution in [3.63, 3.8) is 0 Å². The van der Waals surface area contributed by atoms with Crippen LogP contribution in [0, 0.1) is 5.92 Å². The fourth-order valence-corrected chi connectivity index (χ4v) is 3.33. The van der Waals surface area contributed by atoms with Gasteiger partial charge in [-0.2, -0.15) is 18.3 Å². The van der Waals surface area contributed by atoms with Gasteiger partial charge in [0, 0.05) is 29.0 Å². The van der Waals surface area contributed by atoms with Gasteiger partial charge in [-0.15, -0.1) is 0 Å². The van der Waals surface area contributed by atoms with Gasteiger partial charge in [0.05, 0.1) is 5.52 Å². The molecule has 148 valence electrons. The minimum Gasteiger partial charge on any atom is -0.379 e. The summed E-state index contributed by atoms with van der Waals surface area (Å²) < 4.78 is 39.9. The highest BCUT2D eigenvalue weighted by molar-refractivity contribution is 6.31. The molecule has 0 spiro atoms. The molecule has 3 N–H and O–H groups in total. The van der Waals surface area contributed by atoms with E-state index in [4.69, 9.17) is 11.6 Å². The molecule has 0 bridgehead atoms. The molecule has 1 aliphatic carbocycles. The van der Waals surface area contributed by atoms with E-state index in [0.717, 1.165) is 18.9 Å². The summed E-state index contributed by atoms with van der Waals surface area (Å²) in [4.78, 5) is 14.9. The number of nitrogens with one attached hydrogen (secondary N) is 2. The lowest BCUT2D eigenvalue weighted by molar-refractivity contribution is -0.206. The number of aromatic amines is 1. The van der Waals surface area contributed by atoms with Gasteiger partial charge in [0.15, 0.2) is 11.9 Å². The zero-order chi connectivity index (χ0) is 20.1. The Labute approximate surface area is 161 Å². The van der Waals surface area contributed by atoms with E-state index in [9.17, 15) is 23.1 Å². The predicted octanol–water partition coefficient (Wildman–Crippen LogP) is 4.13.